The van der Waals surface area contributed by atoms with Crippen molar-refractivity contribution in [3.8, 4) is 5.88 Å². The Hall–Kier alpha value is -1.32. The number of rotatable bonds is 7. The topological polar surface area (TPSA) is 47.0 Å². The van der Waals surface area contributed by atoms with E-state index in [4.69, 9.17) is 4.74 Å². The molecule has 104 valence electrons. The first-order valence-electron chi connectivity index (χ1n) is 7.48. The van der Waals surface area contributed by atoms with E-state index in [-0.39, 0.29) is 0 Å². The largest absolute Gasteiger partial charge is 0.478 e. The van der Waals surface area contributed by atoms with Crippen LogP contribution < -0.4 is 10.1 Å². The number of ether oxygens (including phenoxy) is 1. The van der Waals surface area contributed by atoms with Gasteiger partial charge in [0, 0.05) is 18.3 Å². The Bertz CT molecular complexity index is 429. The van der Waals surface area contributed by atoms with E-state index in [2.05, 4.69) is 15.3 Å². The summed E-state index contributed by atoms with van der Waals surface area (Å²) in [6.07, 6.45) is 5.67. The lowest BCUT2D eigenvalue weighted by Crippen LogP contribution is -2.19. The van der Waals surface area contributed by atoms with Crippen molar-refractivity contribution >= 4 is 5.95 Å². The van der Waals surface area contributed by atoms with Crippen molar-refractivity contribution in [3.63, 3.8) is 0 Å². The standard InChI is InChI=1S/C15H23N3O/c1-3-19-14-8-10(2)17-15(18-14)16-9-13(11-4-5-11)12-6-7-12/h8,11-13H,3-7,9H2,1-2H3,(H,16,17,18). The fourth-order valence-corrected chi connectivity index (χ4v) is 2.82. The van der Waals surface area contributed by atoms with Crippen LogP contribution in [0.5, 0.6) is 5.88 Å². The smallest absolute Gasteiger partial charge is 0.226 e. The third kappa shape index (κ3) is 3.37. The molecule has 0 bridgehead atoms. The molecule has 1 N–H and O–H groups in total. The molecule has 1 aromatic rings. The molecule has 1 aromatic heterocycles. The Morgan fingerprint density at radius 1 is 1.26 bits per heavy atom. The summed E-state index contributed by atoms with van der Waals surface area (Å²) in [5.41, 5.74) is 0.954. The van der Waals surface area contributed by atoms with Gasteiger partial charge in [0.05, 0.1) is 6.61 Å². The molecule has 0 atom stereocenters. The first-order chi connectivity index (χ1) is 9.26. The molecule has 4 heteroatoms. The first kappa shape index (κ1) is 12.7. The van der Waals surface area contributed by atoms with Crippen LogP contribution in [0.15, 0.2) is 6.07 Å². The van der Waals surface area contributed by atoms with Crippen molar-refractivity contribution in [1.82, 2.24) is 9.97 Å². The van der Waals surface area contributed by atoms with Crippen LogP contribution in [0.3, 0.4) is 0 Å². The Morgan fingerprint density at radius 2 is 1.95 bits per heavy atom. The number of aryl methyl sites for hydroxylation is 1. The van der Waals surface area contributed by atoms with Gasteiger partial charge in [0.25, 0.3) is 0 Å². The van der Waals surface area contributed by atoms with Crippen LogP contribution in [0.4, 0.5) is 5.95 Å². The van der Waals surface area contributed by atoms with E-state index in [0.717, 1.165) is 35.9 Å². The summed E-state index contributed by atoms with van der Waals surface area (Å²) in [5.74, 6) is 4.13. The summed E-state index contributed by atoms with van der Waals surface area (Å²) in [6.45, 7) is 5.61. The minimum Gasteiger partial charge on any atom is -0.478 e. The summed E-state index contributed by atoms with van der Waals surface area (Å²) in [4.78, 5) is 8.86. The van der Waals surface area contributed by atoms with Gasteiger partial charge in [0.2, 0.25) is 11.8 Å². The van der Waals surface area contributed by atoms with Gasteiger partial charge in [0.15, 0.2) is 0 Å². The van der Waals surface area contributed by atoms with E-state index >= 15 is 0 Å². The molecule has 0 spiro atoms. The highest BCUT2D eigenvalue weighted by Crippen LogP contribution is 2.49. The first-order valence-corrected chi connectivity index (χ1v) is 7.48. The molecule has 3 rings (SSSR count). The monoisotopic (exact) mass is 261 g/mol. The SMILES string of the molecule is CCOc1cc(C)nc(NCC(C2CC2)C2CC2)n1. The number of hydrogen-bond acceptors (Lipinski definition) is 4. The number of aromatic nitrogens is 2. The Kier molecular flexibility index (Phi) is 3.58. The Labute approximate surface area is 115 Å². The normalized spacial score (nSPS) is 18.7. The van der Waals surface area contributed by atoms with Gasteiger partial charge in [-0.25, -0.2) is 4.98 Å². The molecule has 1 heterocycles. The average Bonchev–Trinajstić information content (AvgIpc) is 3.24. The lowest BCUT2D eigenvalue weighted by atomic mass is 9.98. The van der Waals surface area contributed by atoms with Crippen LogP contribution >= 0.6 is 0 Å². The van der Waals surface area contributed by atoms with E-state index < -0.39 is 0 Å². The Balaban J connectivity index is 1.61. The molecule has 0 saturated heterocycles. The van der Waals surface area contributed by atoms with Crippen molar-refractivity contribution in [3.05, 3.63) is 11.8 Å². The molecule has 2 saturated carbocycles. The van der Waals surface area contributed by atoms with E-state index in [1.807, 2.05) is 19.9 Å². The molecule has 0 amide bonds. The van der Waals surface area contributed by atoms with Crippen molar-refractivity contribution < 1.29 is 4.74 Å². The minimum atomic E-state index is 0.642. The van der Waals surface area contributed by atoms with Crippen molar-refractivity contribution in [2.75, 3.05) is 18.5 Å². The quantitative estimate of drug-likeness (QED) is 0.819. The fraction of sp³-hybridized carbons (Fsp3) is 0.733. The van der Waals surface area contributed by atoms with Gasteiger partial charge in [-0.05, 0) is 57.3 Å². The average molecular weight is 261 g/mol. The van der Waals surface area contributed by atoms with Crippen LogP contribution in [-0.4, -0.2) is 23.1 Å². The molecule has 0 aromatic carbocycles. The van der Waals surface area contributed by atoms with Crippen LogP contribution in [0, 0.1) is 24.7 Å². The maximum absolute atomic E-state index is 5.46. The highest BCUT2D eigenvalue weighted by molar-refractivity contribution is 5.30. The van der Waals surface area contributed by atoms with Gasteiger partial charge in [-0.2, -0.15) is 4.98 Å². The lowest BCUT2D eigenvalue weighted by molar-refractivity contribution is 0.326. The maximum Gasteiger partial charge on any atom is 0.226 e. The molecule has 2 fully saturated rings. The second-order valence-electron chi connectivity index (χ2n) is 5.82. The van der Waals surface area contributed by atoms with Gasteiger partial charge >= 0.3 is 0 Å². The predicted molar refractivity (Wildman–Crippen MR) is 75.4 cm³/mol. The Morgan fingerprint density at radius 3 is 2.53 bits per heavy atom. The van der Waals surface area contributed by atoms with Crippen molar-refractivity contribution in [1.29, 1.82) is 0 Å². The zero-order chi connectivity index (χ0) is 13.2. The number of anilines is 1. The van der Waals surface area contributed by atoms with E-state index in [1.54, 1.807) is 0 Å². The minimum absolute atomic E-state index is 0.642. The third-order valence-electron chi connectivity index (χ3n) is 4.07. The fourth-order valence-electron chi connectivity index (χ4n) is 2.82. The van der Waals surface area contributed by atoms with Gasteiger partial charge < -0.3 is 10.1 Å². The van der Waals surface area contributed by atoms with Crippen LogP contribution in [0.1, 0.15) is 38.3 Å². The lowest BCUT2D eigenvalue weighted by Gasteiger charge is -2.16. The highest BCUT2D eigenvalue weighted by Gasteiger charge is 2.41. The molecule has 2 aliphatic rings. The molecular formula is C15H23N3O. The van der Waals surface area contributed by atoms with Crippen LogP contribution in [0.25, 0.3) is 0 Å². The van der Waals surface area contributed by atoms with Gasteiger partial charge in [-0.3, -0.25) is 0 Å². The van der Waals surface area contributed by atoms with Crippen LogP contribution in [0.2, 0.25) is 0 Å². The molecular weight excluding hydrogens is 238 g/mol. The van der Waals surface area contributed by atoms with Crippen LogP contribution in [-0.2, 0) is 0 Å². The summed E-state index contributed by atoms with van der Waals surface area (Å²) in [6, 6.07) is 1.88. The number of nitrogens with one attached hydrogen (secondary N) is 1. The second kappa shape index (κ2) is 5.35. The summed E-state index contributed by atoms with van der Waals surface area (Å²) in [5, 5.41) is 3.42. The zero-order valence-electron chi connectivity index (χ0n) is 11.9. The molecule has 0 aliphatic heterocycles. The highest BCUT2D eigenvalue weighted by atomic mass is 16.5. The maximum atomic E-state index is 5.46. The second-order valence-corrected chi connectivity index (χ2v) is 5.82. The molecule has 2 aliphatic carbocycles. The van der Waals surface area contributed by atoms with Gasteiger partial charge in [-0.1, -0.05) is 0 Å². The van der Waals surface area contributed by atoms with E-state index in [1.165, 1.54) is 25.7 Å². The summed E-state index contributed by atoms with van der Waals surface area (Å²) >= 11 is 0. The van der Waals surface area contributed by atoms with Gasteiger partial charge in [-0.15, -0.1) is 0 Å². The van der Waals surface area contributed by atoms with Crippen molar-refractivity contribution in [2.24, 2.45) is 17.8 Å². The number of nitrogens with zero attached hydrogens (tertiary/aromatic N) is 2. The summed E-state index contributed by atoms with van der Waals surface area (Å²) < 4.78 is 5.46. The molecule has 19 heavy (non-hydrogen) atoms. The van der Waals surface area contributed by atoms with E-state index in [0.29, 0.717) is 12.5 Å². The predicted octanol–water partition coefficient (Wildman–Crippen LogP) is 3.03. The van der Waals surface area contributed by atoms with Gasteiger partial charge in [0.1, 0.15) is 0 Å². The van der Waals surface area contributed by atoms with E-state index in [9.17, 15) is 0 Å². The number of hydrogen-bond donors (Lipinski definition) is 1. The molecule has 0 unspecified atom stereocenters. The molecule has 4 nitrogen and oxygen atoms in total. The zero-order valence-corrected chi connectivity index (χ0v) is 11.9. The summed E-state index contributed by atoms with van der Waals surface area (Å²) in [7, 11) is 0. The molecule has 0 radical (unpaired) electrons. The third-order valence-corrected chi connectivity index (χ3v) is 4.07. The van der Waals surface area contributed by atoms with Crippen molar-refractivity contribution in [2.45, 2.75) is 39.5 Å².